The highest BCUT2D eigenvalue weighted by Crippen LogP contribution is 2.18. The van der Waals surface area contributed by atoms with Gasteiger partial charge in [-0.1, -0.05) is 30.3 Å². The van der Waals surface area contributed by atoms with E-state index in [0.29, 0.717) is 5.39 Å². The molecule has 2 aromatic heterocycles. The smallest absolute Gasteiger partial charge is 0.413 e. The molecule has 3 rings (SSSR count). The van der Waals surface area contributed by atoms with Crippen LogP contribution in [0.3, 0.4) is 0 Å². The molecule has 1 aromatic carbocycles. The lowest BCUT2D eigenvalue weighted by Gasteiger charge is -2.22. The lowest BCUT2D eigenvalue weighted by Crippen LogP contribution is -2.43. The Balaban J connectivity index is 1.62. The quantitative estimate of drug-likeness (QED) is 0.353. The first kappa shape index (κ1) is 27.8. The first-order chi connectivity index (χ1) is 18.0. The normalized spacial score (nSPS) is 11.0. The lowest BCUT2D eigenvalue weighted by atomic mass is 10.2. The molecule has 0 fully saturated rings. The van der Waals surface area contributed by atoms with Crippen LogP contribution in [-0.4, -0.2) is 79.1 Å². The van der Waals surface area contributed by atoms with Crippen LogP contribution < -0.4 is 10.6 Å². The number of aromatic nitrogens is 4. The molecule has 0 saturated heterocycles. The Bertz CT molecular complexity index is 1290. The molecule has 0 atom stereocenters. The van der Waals surface area contributed by atoms with Crippen molar-refractivity contribution in [3.8, 4) is 0 Å². The Morgan fingerprint density at radius 1 is 1.08 bits per heavy atom. The third kappa shape index (κ3) is 8.72. The van der Waals surface area contributed by atoms with Gasteiger partial charge in [-0.05, 0) is 26.3 Å². The number of carbonyl (C=O) groups is 4. The van der Waals surface area contributed by atoms with Crippen molar-refractivity contribution in [3.05, 3.63) is 48.4 Å². The fourth-order valence-electron chi connectivity index (χ4n) is 3.22. The molecule has 0 aliphatic carbocycles. The van der Waals surface area contributed by atoms with E-state index in [1.54, 1.807) is 20.8 Å². The van der Waals surface area contributed by atoms with Crippen LogP contribution >= 0.6 is 0 Å². The number of alkyl carbamates (subject to hydrolysis) is 1. The van der Waals surface area contributed by atoms with Crippen LogP contribution in [0.15, 0.2) is 42.9 Å². The van der Waals surface area contributed by atoms with E-state index in [-0.39, 0.29) is 37.7 Å². The van der Waals surface area contributed by atoms with Gasteiger partial charge >= 0.3 is 18.2 Å². The van der Waals surface area contributed by atoms with Crippen molar-refractivity contribution in [3.63, 3.8) is 0 Å². The number of benzene rings is 1. The number of rotatable bonds is 10. The van der Waals surface area contributed by atoms with Gasteiger partial charge < -0.3 is 24.8 Å². The molecular formula is C24H29N7O7. The second-order valence-electron chi connectivity index (χ2n) is 9.11. The second kappa shape index (κ2) is 12.5. The van der Waals surface area contributed by atoms with Gasteiger partial charge in [-0.25, -0.2) is 19.6 Å². The van der Waals surface area contributed by atoms with Crippen LogP contribution in [0.5, 0.6) is 0 Å². The van der Waals surface area contributed by atoms with Crippen LogP contribution in [-0.2, 0) is 32.2 Å². The molecule has 14 nitrogen and oxygen atoms in total. The van der Waals surface area contributed by atoms with Crippen molar-refractivity contribution in [1.82, 2.24) is 30.0 Å². The summed E-state index contributed by atoms with van der Waals surface area (Å²) in [5.74, 6) is -1.64. The SMILES string of the molecule is CC(C)(C)OC(=O)NCCN(CC(=O)O)C(=O)Cn1cc2c(NC(=O)OCc3ccccc3)ncnc2n1. The summed E-state index contributed by atoms with van der Waals surface area (Å²) in [5.41, 5.74) is 0.328. The number of aliphatic carboxylic acids is 1. The summed E-state index contributed by atoms with van der Waals surface area (Å²) in [5, 5.41) is 18.8. The van der Waals surface area contributed by atoms with Crippen molar-refractivity contribution in [1.29, 1.82) is 0 Å². The monoisotopic (exact) mass is 527 g/mol. The highest BCUT2D eigenvalue weighted by molar-refractivity contribution is 5.95. The molecule has 3 N–H and O–H groups in total. The van der Waals surface area contributed by atoms with Gasteiger partial charge in [-0.15, -0.1) is 0 Å². The third-order valence-electron chi connectivity index (χ3n) is 4.82. The van der Waals surface area contributed by atoms with E-state index in [1.807, 2.05) is 30.3 Å². The molecule has 3 aromatic rings. The fourth-order valence-corrected chi connectivity index (χ4v) is 3.22. The molecule has 0 aliphatic heterocycles. The number of carbonyl (C=O) groups excluding carboxylic acids is 3. The highest BCUT2D eigenvalue weighted by Gasteiger charge is 2.21. The number of carboxylic acids is 1. The largest absolute Gasteiger partial charge is 0.480 e. The summed E-state index contributed by atoms with van der Waals surface area (Å²) in [6.07, 6.45) is 1.24. The lowest BCUT2D eigenvalue weighted by molar-refractivity contribution is -0.144. The summed E-state index contributed by atoms with van der Waals surface area (Å²) in [6.45, 7) is 4.23. The van der Waals surface area contributed by atoms with Gasteiger partial charge in [0.05, 0.1) is 5.39 Å². The van der Waals surface area contributed by atoms with Gasteiger partial charge in [-0.2, -0.15) is 5.10 Å². The molecule has 14 heteroatoms. The van der Waals surface area contributed by atoms with E-state index >= 15 is 0 Å². The van der Waals surface area contributed by atoms with Crippen LogP contribution in [0.1, 0.15) is 26.3 Å². The average molecular weight is 528 g/mol. The fraction of sp³-hybridized carbons (Fsp3) is 0.375. The van der Waals surface area contributed by atoms with E-state index in [4.69, 9.17) is 9.47 Å². The van der Waals surface area contributed by atoms with E-state index in [1.165, 1.54) is 17.2 Å². The molecule has 0 spiro atoms. The van der Waals surface area contributed by atoms with E-state index < -0.39 is 36.2 Å². The molecule has 0 aliphatic rings. The third-order valence-corrected chi connectivity index (χ3v) is 4.82. The zero-order chi connectivity index (χ0) is 27.7. The second-order valence-corrected chi connectivity index (χ2v) is 9.11. The minimum Gasteiger partial charge on any atom is -0.480 e. The Morgan fingerprint density at radius 2 is 1.82 bits per heavy atom. The summed E-state index contributed by atoms with van der Waals surface area (Å²) in [6, 6.07) is 9.15. The van der Waals surface area contributed by atoms with E-state index in [2.05, 4.69) is 25.7 Å². The molecule has 0 radical (unpaired) electrons. The van der Waals surface area contributed by atoms with E-state index in [0.717, 1.165) is 10.5 Å². The van der Waals surface area contributed by atoms with Crippen molar-refractivity contribution in [2.45, 2.75) is 39.5 Å². The van der Waals surface area contributed by atoms with Crippen molar-refractivity contribution in [2.75, 3.05) is 25.0 Å². The number of anilines is 1. The van der Waals surface area contributed by atoms with Crippen molar-refractivity contribution < 1.29 is 33.8 Å². The van der Waals surface area contributed by atoms with Gasteiger partial charge in [0.15, 0.2) is 5.65 Å². The molecule has 2 heterocycles. The maximum absolute atomic E-state index is 12.8. The molecule has 0 saturated carbocycles. The summed E-state index contributed by atoms with van der Waals surface area (Å²) < 4.78 is 11.6. The minimum atomic E-state index is -1.22. The number of nitrogens with zero attached hydrogens (tertiary/aromatic N) is 5. The highest BCUT2D eigenvalue weighted by atomic mass is 16.6. The van der Waals surface area contributed by atoms with Gasteiger partial charge in [0.1, 0.15) is 37.4 Å². The maximum atomic E-state index is 12.8. The standard InChI is InChI=1S/C24H29N7O7/c1-24(2,3)38-22(35)25-9-10-30(13-19(33)34)18(32)12-31-11-17-20(26-15-27-21(17)29-31)28-23(36)37-14-16-7-5-4-6-8-16/h4-8,11,15H,9-10,12-14H2,1-3H3,(H,25,35)(H,33,34)(H,26,27,28,29,36). The number of hydrogen-bond acceptors (Lipinski definition) is 9. The zero-order valence-electron chi connectivity index (χ0n) is 21.2. The summed E-state index contributed by atoms with van der Waals surface area (Å²) in [7, 11) is 0. The number of carboxylic acid groups (broad SMARTS) is 1. The van der Waals surface area contributed by atoms with Crippen LogP contribution in [0.4, 0.5) is 15.4 Å². The number of nitrogens with one attached hydrogen (secondary N) is 2. The van der Waals surface area contributed by atoms with Crippen molar-refractivity contribution >= 4 is 40.9 Å². The Kier molecular flexibility index (Phi) is 9.13. The predicted molar refractivity (Wildman–Crippen MR) is 134 cm³/mol. The number of ether oxygens (including phenoxy) is 2. The van der Waals surface area contributed by atoms with Gasteiger partial charge in [0, 0.05) is 19.3 Å². The van der Waals surface area contributed by atoms with E-state index in [9.17, 15) is 24.3 Å². The van der Waals surface area contributed by atoms with Crippen LogP contribution in [0.25, 0.3) is 11.0 Å². The van der Waals surface area contributed by atoms with Crippen molar-refractivity contribution in [2.24, 2.45) is 0 Å². The first-order valence-electron chi connectivity index (χ1n) is 11.6. The molecule has 0 bridgehead atoms. The van der Waals surface area contributed by atoms with Gasteiger partial charge in [-0.3, -0.25) is 19.6 Å². The molecule has 0 unspecified atom stereocenters. The first-order valence-corrected chi connectivity index (χ1v) is 11.6. The Morgan fingerprint density at radius 3 is 2.50 bits per heavy atom. The average Bonchev–Trinajstić information content (AvgIpc) is 3.25. The zero-order valence-corrected chi connectivity index (χ0v) is 21.2. The minimum absolute atomic E-state index is 0.0142. The predicted octanol–water partition coefficient (Wildman–Crippen LogP) is 2.01. The molecule has 3 amide bonds. The Labute approximate surface area is 217 Å². The summed E-state index contributed by atoms with van der Waals surface area (Å²) >= 11 is 0. The van der Waals surface area contributed by atoms with Crippen LogP contribution in [0, 0.1) is 0 Å². The molecular weight excluding hydrogens is 498 g/mol. The van der Waals surface area contributed by atoms with Crippen LogP contribution in [0.2, 0.25) is 0 Å². The molecule has 38 heavy (non-hydrogen) atoms. The van der Waals surface area contributed by atoms with Gasteiger partial charge in [0.25, 0.3) is 0 Å². The maximum Gasteiger partial charge on any atom is 0.413 e. The number of amides is 3. The topological polar surface area (TPSA) is 178 Å². The van der Waals surface area contributed by atoms with Gasteiger partial charge in [0.2, 0.25) is 5.91 Å². The number of hydrogen-bond donors (Lipinski definition) is 3. The summed E-state index contributed by atoms with van der Waals surface area (Å²) in [4.78, 5) is 57.4. The Hall–Kier alpha value is -4.75. The number of fused-ring (bicyclic) bond motifs is 1. The molecule has 202 valence electrons.